The molecular formula is C10H11FN2O2. The van der Waals surface area contributed by atoms with Crippen LogP contribution in [-0.2, 0) is 0 Å². The molecule has 0 aromatic heterocycles. The average Bonchev–Trinajstić information content (AvgIpc) is 2.10. The lowest BCUT2D eigenvalue weighted by atomic mass is 9.93. The monoisotopic (exact) mass is 210 g/mol. The largest absolute Gasteiger partial charge is 0.377 e. The van der Waals surface area contributed by atoms with Gasteiger partial charge in [-0.25, -0.2) is 0 Å². The Labute approximate surface area is 86.3 Å². The topological polar surface area (TPSA) is 55.2 Å². The molecule has 0 unspecified atom stereocenters. The zero-order chi connectivity index (χ0) is 10.8. The minimum atomic E-state index is -0.788. The number of para-hydroxylation sites is 1. The van der Waals surface area contributed by atoms with Crippen LogP contribution in [0.4, 0.5) is 15.8 Å². The lowest BCUT2D eigenvalue weighted by Crippen LogP contribution is -2.27. The number of rotatable bonds is 3. The van der Waals surface area contributed by atoms with Crippen molar-refractivity contribution in [3.63, 3.8) is 0 Å². The Morgan fingerprint density at radius 2 is 2.20 bits per heavy atom. The summed E-state index contributed by atoms with van der Waals surface area (Å²) >= 11 is 0. The van der Waals surface area contributed by atoms with Gasteiger partial charge in [0.05, 0.1) is 4.92 Å². The van der Waals surface area contributed by atoms with Crippen LogP contribution in [0.15, 0.2) is 18.2 Å². The fraction of sp³-hybridized carbons (Fsp3) is 0.400. The average molecular weight is 210 g/mol. The van der Waals surface area contributed by atoms with Crippen molar-refractivity contribution in [1.82, 2.24) is 0 Å². The summed E-state index contributed by atoms with van der Waals surface area (Å²) in [5, 5.41) is 13.6. The van der Waals surface area contributed by atoms with Gasteiger partial charge in [0.15, 0.2) is 0 Å². The molecule has 0 radical (unpaired) electrons. The number of anilines is 1. The summed E-state index contributed by atoms with van der Waals surface area (Å²) in [6, 6.07) is 4.37. The summed E-state index contributed by atoms with van der Waals surface area (Å²) in [6.45, 7) is 0. The van der Waals surface area contributed by atoms with Crippen LogP contribution < -0.4 is 5.32 Å². The van der Waals surface area contributed by atoms with Crippen molar-refractivity contribution in [2.75, 3.05) is 5.32 Å². The number of hydrogen-bond acceptors (Lipinski definition) is 3. The fourth-order valence-corrected chi connectivity index (χ4v) is 1.59. The van der Waals surface area contributed by atoms with Crippen molar-refractivity contribution >= 4 is 11.4 Å². The molecular weight excluding hydrogens is 199 g/mol. The molecule has 0 aliphatic heterocycles. The summed E-state index contributed by atoms with van der Waals surface area (Å²) in [7, 11) is 0. The Morgan fingerprint density at radius 3 is 2.73 bits per heavy atom. The van der Waals surface area contributed by atoms with Crippen LogP contribution in [0, 0.1) is 15.9 Å². The third kappa shape index (κ3) is 1.91. The van der Waals surface area contributed by atoms with Crippen molar-refractivity contribution in [2.45, 2.75) is 25.3 Å². The summed E-state index contributed by atoms with van der Waals surface area (Å²) in [5.41, 5.74) is -0.172. The third-order valence-corrected chi connectivity index (χ3v) is 2.63. The number of nitro benzene ring substituents is 1. The van der Waals surface area contributed by atoms with Gasteiger partial charge in [-0.3, -0.25) is 10.1 Å². The van der Waals surface area contributed by atoms with E-state index in [4.69, 9.17) is 0 Å². The van der Waals surface area contributed by atoms with Crippen molar-refractivity contribution in [3.05, 3.63) is 34.1 Å². The van der Waals surface area contributed by atoms with Gasteiger partial charge in [-0.2, -0.15) is 4.39 Å². The van der Waals surface area contributed by atoms with E-state index in [9.17, 15) is 14.5 Å². The highest BCUT2D eigenvalue weighted by atomic mass is 19.1. The molecule has 0 spiro atoms. The first-order valence-electron chi connectivity index (χ1n) is 4.88. The second-order valence-electron chi connectivity index (χ2n) is 3.67. The molecule has 1 aliphatic rings. The van der Waals surface area contributed by atoms with Crippen molar-refractivity contribution < 1.29 is 9.31 Å². The van der Waals surface area contributed by atoms with E-state index in [1.54, 1.807) is 6.07 Å². The molecule has 1 aromatic carbocycles. The fourth-order valence-electron chi connectivity index (χ4n) is 1.59. The maximum Gasteiger partial charge on any atom is 0.327 e. The third-order valence-electron chi connectivity index (χ3n) is 2.63. The molecule has 0 bridgehead atoms. The second-order valence-corrected chi connectivity index (χ2v) is 3.67. The molecule has 1 N–H and O–H groups in total. The van der Waals surface area contributed by atoms with Crippen LogP contribution in [0.1, 0.15) is 19.3 Å². The Balaban J connectivity index is 2.27. The van der Waals surface area contributed by atoms with Crippen molar-refractivity contribution in [1.29, 1.82) is 0 Å². The second kappa shape index (κ2) is 3.84. The van der Waals surface area contributed by atoms with E-state index in [2.05, 4.69) is 5.32 Å². The number of hydrogen-bond donors (Lipinski definition) is 1. The molecule has 15 heavy (non-hydrogen) atoms. The van der Waals surface area contributed by atoms with Crippen molar-refractivity contribution in [3.8, 4) is 0 Å². The van der Waals surface area contributed by atoms with E-state index in [0.717, 1.165) is 25.3 Å². The molecule has 0 atom stereocenters. The first-order valence-corrected chi connectivity index (χ1v) is 4.88. The van der Waals surface area contributed by atoms with Gasteiger partial charge in [0, 0.05) is 6.04 Å². The summed E-state index contributed by atoms with van der Waals surface area (Å²) in [5.74, 6) is -0.788. The standard InChI is InChI=1S/C10H11FN2O2/c11-8-5-2-6-9(10(8)13(14)15)12-7-3-1-4-7/h2,5-7,12H,1,3-4H2. The number of benzene rings is 1. The zero-order valence-electron chi connectivity index (χ0n) is 8.07. The predicted molar refractivity (Wildman–Crippen MR) is 54.3 cm³/mol. The molecule has 0 heterocycles. The van der Waals surface area contributed by atoms with Crippen LogP contribution in [0.2, 0.25) is 0 Å². The van der Waals surface area contributed by atoms with Gasteiger partial charge < -0.3 is 5.32 Å². The predicted octanol–water partition coefficient (Wildman–Crippen LogP) is 2.70. The van der Waals surface area contributed by atoms with Gasteiger partial charge >= 0.3 is 5.69 Å². The molecule has 0 saturated heterocycles. The van der Waals surface area contributed by atoms with E-state index in [1.165, 1.54) is 6.07 Å². The van der Waals surface area contributed by atoms with E-state index >= 15 is 0 Å². The molecule has 1 fully saturated rings. The highest BCUT2D eigenvalue weighted by Gasteiger charge is 2.24. The maximum atomic E-state index is 13.2. The molecule has 1 aromatic rings. The lowest BCUT2D eigenvalue weighted by Gasteiger charge is -2.27. The quantitative estimate of drug-likeness (QED) is 0.616. The molecule has 80 valence electrons. The zero-order valence-corrected chi connectivity index (χ0v) is 8.07. The number of nitro groups is 1. The molecule has 5 heteroatoms. The van der Waals surface area contributed by atoms with Gasteiger partial charge in [-0.1, -0.05) is 6.07 Å². The minimum absolute atomic E-state index is 0.255. The first-order chi connectivity index (χ1) is 7.18. The van der Waals surface area contributed by atoms with E-state index in [1.807, 2.05) is 0 Å². The molecule has 4 nitrogen and oxygen atoms in total. The summed E-state index contributed by atoms with van der Waals surface area (Å²) in [4.78, 5) is 9.97. The van der Waals surface area contributed by atoms with Gasteiger partial charge in [-0.15, -0.1) is 0 Å². The van der Waals surface area contributed by atoms with Gasteiger partial charge in [0.25, 0.3) is 0 Å². The Hall–Kier alpha value is -1.65. The van der Waals surface area contributed by atoms with E-state index in [-0.39, 0.29) is 11.7 Å². The van der Waals surface area contributed by atoms with E-state index < -0.39 is 16.4 Å². The normalized spacial score (nSPS) is 15.8. The van der Waals surface area contributed by atoms with Crippen LogP contribution in [0.5, 0.6) is 0 Å². The molecule has 0 amide bonds. The molecule has 1 aliphatic carbocycles. The van der Waals surface area contributed by atoms with Gasteiger partial charge in [0.2, 0.25) is 5.82 Å². The highest BCUT2D eigenvalue weighted by Crippen LogP contribution is 2.31. The number of nitrogens with one attached hydrogen (secondary N) is 1. The molecule has 2 rings (SSSR count). The maximum absolute atomic E-state index is 13.2. The first kappa shape index (κ1) is 9.89. The summed E-state index contributed by atoms with van der Waals surface area (Å²) < 4.78 is 13.2. The summed E-state index contributed by atoms with van der Waals surface area (Å²) in [6.07, 6.45) is 3.11. The van der Waals surface area contributed by atoms with Gasteiger partial charge in [0.1, 0.15) is 5.69 Å². The highest BCUT2D eigenvalue weighted by molar-refractivity contribution is 5.62. The lowest BCUT2D eigenvalue weighted by molar-refractivity contribution is -0.386. The van der Waals surface area contributed by atoms with Crippen LogP contribution >= 0.6 is 0 Å². The van der Waals surface area contributed by atoms with Gasteiger partial charge in [-0.05, 0) is 31.4 Å². The van der Waals surface area contributed by atoms with Crippen LogP contribution in [-0.4, -0.2) is 11.0 Å². The van der Waals surface area contributed by atoms with Crippen molar-refractivity contribution in [2.24, 2.45) is 0 Å². The SMILES string of the molecule is O=[N+]([O-])c1c(F)cccc1NC1CCC1. The van der Waals surface area contributed by atoms with E-state index in [0.29, 0.717) is 0 Å². The number of nitrogens with zero attached hydrogens (tertiary/aromatic N) is 1. The van der Waals surface area contributed by atoms with Crippen LogP contribution in [0.3, 0.4) is 0 Å². The Morgan fingerprint density at radius 1 is 1.47 bits per heavy atom. The molecule has 1 saturated carbocycles. The smallest absolute Gasteiger partial charge is 0.327 e. The Bertz CT molecular complexity index is 391. The van der Waals surface area contributed by atoms with Crippen LogP contribution in [0.25, 0.3) is 0 Å². The number of halogens is 1. The Kier molecular flexibility index (Phi) is 2.53. The minimum Gasteiger partial charge on any atom is -0.377 e.